The van der Waals surface area contributed by atoms with Gasteiger partial charge in [0.15, 0.2) is 0 Å². The molecule has 1 heterocycles. The van der Waals surface area contributed by atoms with Crippen LogP contribution in [0.1, 0.15) is 45.4 Å². The molecule has 0 aromatic rings. The van der Waals surface area contributed by atoms with Gasteiger partial charge >= 0.3 is 0 Å². The summed E-state index contributed by atoms with van der Waals surface area (Å²) in [4.78, 5) is 25.4. The molecule has 6 heteroatoms. The Balaban J connectivity index is 0.00000324. The van der Waals surface area contributed by atoms with E-state index < -0.39 is 0 Å². The summed E-state index contributed by atoms with van der Waals surface area (Å²) in [5, 5.41) is 2.81. The first kappa shape index (κ1) is 18.2. The summed E-state index contributed by atoms with van der Waals surface area (Å²) in [6.07, 6.45) is 5.28. The van der Waals surface area contributed by atoms with E-state index >= 15 is 0 Å². The van der Waals surface area contributed by atoms with Crippen LogP contribution < -0.4 is 11.1 Å². The fourth-order valence-corrected chi connectivity index (χ4v) is 2.34. The quantitative estimate of drug-likeness (QED) is 0.689. The highest BCUT2D eigenvalue weighted by atomic mass is 35.5. The lowest BCUT2D eigenvalue weighted by Crippen LogP contribution is -2.56. The third-order valence-electron chi connectivity index (χ3n) is 3.38. The topological polar surface area (TPSA) is 75.4 Å². The van der Waals surface area contributed by atoms with Crippen LogP contribution >= 0.6 is 12.4 Å². The first-order valence-corrected chi connectivity index (χ1v) is 6.98. The predicted molar refractivity (Wildman–Crippen MR) is 78.2 cm³/mol. The van der Waals surface area contributed by atoms with Gasteiger partial charge < -0.3 is 16.0 Å². The Morgan fingerprint density at radius 3 is 2.68 bits per heavy atom. The molecule has 1 saturated heterocycles. The number of rotatable bonds is 7. The van der Waals surface area contributed by atoms with Crippen molar-refractivity contribution >= 4 is 24.2 Å². The maximum absolute atomic E-state index is 12.1. The summed E-state index contributed by atoms with van der Waals surface area (Å²) < 4.78 is 0. The molecule has 1 atom stereocenters. The maximum atomic E-state index is 12.1. The van der Waals surface area contributed by atoms with Crippen molar-refractivity contribution in [1.82, 2.24) is 10.2 Å². The fourth-order valence-electron chi connectivity index (χ4n) is 2.34. The number of amides is 2. The third kappa shape index (κ3) is 5.78. The standard InChI is InChI=1S/C13H25N3O2.ClH/c1-2-11-13(18)15-9-10-16(11)12(17)7-5-3-4-6-8-14;/h11H,2-10,14H2,1H3,(H,15,18);1H. The van der Waals surface area contributed by atoms with Gasteiger partial charge in [-0.2, -0.15) is 0 Å². The highest BCUT2D eigenvalue weighted by Crippen LogP contribution is 2.12. The van der Waals surface area contributed by atoms with Crippen molar-refractivity contribution in [3.8, 4) is 0 Å². The molecule has 1 aliphatic heterocycles. The van der Waals surface area contributed by atoms with Gasteiger partial charge in [0, 0.05) is 19.5 Å². The van der Waals surface area contributed by atoms with E-state index in [1.165, 1.54) is 0 Å². The normalized spacial score (nSPS) is 18.7. The van der Waals surface area contributed by atoms with Crippen molar-refractivity contribution in [3.63, 3.8) is 0 Å². The Morgan fingerprint density at radius 1 is 1.37 bits per heavy atom. The van der Waals surface area contributed by atoms with E-state index in [0.717, 1.165) is 32.2 Å². The molecule has 3 N–H and O–H groups in total. The Kier molecular flexibility index (Phi) is 9.61. The molecule has 0 aliphatic carbocycles. The van der Waals surface area contributed by atoms with E-state index in [9.17, 15) is 9.59 Å². The molecule has 112 valence electrons. The van der Waals surface area contributed by atoms with Crippen LogP contribution in [0.15, 0.2) is 0 Å². The van der Waals surface area contributed by atoms with Gasteiger partial charge in [0.05, 0.1) is 0 Å². The molecule has 1 aliphatic rings. The van der Waals surface area contributed by atoms with Crippen molar-refractivity contribution in [2.75, 3.05) is 19.6 Å². The zero-order valence-corrected chi connectivity index (χ0v) is 12.5. The number of piperazine rings is 1. The number of unbranched alkanes of at least 4 members (excludes halogenated alkanes) is 3. The molecule has 0 bridgehead atoms. The van der Waals surface area contributed by atoms with Gasteiger partial charge in [-0.05, 0) is 25.8 Å². The molecule has 5 nitrogen and oxygen atoms in total. The number of nitrogens with two attached hydrogens (primary N) is 1. The number of carbonyl (C=O) groups is 2. The molecule has 0 spiro atoms. The van der Waals surface area contributed by atoms with Crippen LogP contribution in [0, 0.1) is 0 Å². The van der Waals surface area contributed by atoms with E-state index in [1.54, 1.807) is 4.90 Å². The average Bonchev–Trinajstić information content (AvgIpc) is 2.38. The Morgan fingerprint density at radius 2 is 2.05 bits per heavy atom. The van der Waals surface area contributed by atoms with Crippen molar-refractivity contribution in [2.45, 2.75) is 51.5 Å². The highest BCUT2D eigenvalue weighted by Gasteiger charge is 2.30. The second-order valence-electron chi connectivity index (χ2n) is 4.76. The number of nitrogens with zero attached hydrogens (tertiary/aromatic N) is 1. The molecule has 0 saturated carbocycles. The number of carbonyl (C=O) groups excluding carboxylic acids is 2. The summed E-state index contributed by atoms with van der Waals surface area (Å²) in [5.41, 5.74) is 5.42. The third-order valence-corrected chi connectivity index (χ3v) is 3.38. The summed E-state index contributed by atoms with van der Waals surface area (Å²) in [6.45, 7) is 3.88. The zero-order valence-electron chi connectivity index (χ0n) is 11.7. The van der Waals surface area contributed by atoms with Crippen LogP contribution in [0.3, 0.4) is 0 Å². The minimum Gasteiger partial charge on any atom is -0.353 e. The molecule has 2 amide bonds. The van der Waals surface area contributed by atoms with Crippen LogP contribution in [0.25, 0.3) is 0 Å². The summed E-state index contributed by atoms with van der Waals surface area (Å²) in [6, 6.07) is -0.268. The van der Waals surface area contributed by atoms with Crippen molar-refractivity contribution in [3.05, 3.63) is 0 Å². The summed E-state index contributed by atoms with van der Waals surface area (Å²) >= 11 is 0. The first-order valence-electron chi connectivity index (χ1n) is 6.98. The molecular formula is C13H26ClN3O2. The molecule has 1 fully saturated rings. The summed E-state index contributed by atoms with van der Waals surface area (Å²) in [5.74, 6) is 0.102. The largest absolute Gasteiger partial charge is 0.353 e. The molecule has 0 aromatic heterocycles. The lowest BCUT2D eigenvalue weighted by molar-refractivity contribution is -0.143. The maximum Gasteiger partial charge on any atom is 0.242 e. The van der Waals surface area contributed by atoms with E-state index in [2.05, 4.69) is 5.32 Å². The lowest BCUT2D eigenvalue weighted by atomic mass is 10.1. The molecule has 0 radical (unpaired) electrons. The lowest BCUT2D eigenvalue weighted by Gasteiger charge is -2.34. The van der Waals surface area contributed by atoms with Crippen LogP contribution in [0.4, 0.5) is 0 Å². The van der Waals surface area contributed by atoms with Gasteiger partial charge in [-0.3, -0.25) is 9.59 Å². The zero-order chi connectivity index (χ0) is 13.4. The monoisotopic (exact) mass is 291 g/mol. The van der Waals surface area contributed by atoms with E-state index in [1.807, 2.05) is 6.92 Å². The Bertz CT molecular complexity index is 287. The van der Waals surface area contributed by atoms with Crippen molar-refractivity contribution in [1.29, 1.82) is 0 Å². The van der Waals surface area contributed by atoms with Crippen LogP contribution in [0.5, 0.6) is 0 Å². The number of hydrogen-bond donors (Lipinski definition) is 2. The number of hydrogen-bond acceptors (Lipinski definition) is 3. The minimum absolute atomic E-state index is 0. The van der Waals surface area contributed by atoms with Gasteiger partial charge in [0.25, 0.3) is 0 Å². The number of nitrogens with one attached hydrogen (secondary N) is 1. The van der Waals surface area contributed by atoms with Crippen molar-refractivity contribution in [2.24, 2.45) is 5.73 Å². The average molecular weight is 292 g/mol. The van der Waals surface area contributed by atoms with Gasteiger partial charge in [-0.15, -0.1) is 12.4 Å². The second-order valence-corrected chi connectivity index (χ2v) is 4.76. The number of halogens is 1. The van der Waals surface area contributed by atoms with Crippen molar-refractivity contribution < 1.29 is 9.59 Å². The van der Waals surface area contributed by atoms with E-state index in [4.69, 9.17) is 5.73 Å². The fraction of sp³-hybridized carbons (Fsp3) is 0.846. The van der Waals surface area contributed by atoms with Crippen LogP contribution in [0.2, 0.25) is 0 Å². The predicted octanol–water partition coefficient (Wildman–Crippen LogP) is 1.05. The molecule has 1 unspecified atom stereocenters. The van der Waals surface area contributed by atoms with Crippen LogP contribution in [-0.4, -0.2) is 42.4 Å². The Labute approximate surface area is 121 Å². The minimum atomic E-state index is -0.268. The molecule has 0 aromatic carbocycles. The summed E-state index contributed by atoms with van der Waals surface area (Å²) in [7, 11) is 0. The second kappa shape index (κ2) is 10.0. The van der Waals surface area contributed by atoms with E-state index in [0.29, 0.717) is 25.9 Å². The Hall–Kier alpha value is -0.810. The molecule has 1 rings (SSSR count). The van der Waals surface area contributed by atoms with E-state index in [-0.39, 0.29) is 30.3 Å². The first-order chi connectivity index (χ1) is 8.70. The SMILES string of the molecule is CCC1C(=O)NCCN1C(=O)CCCCCCN.Cl. The van der Waals surface area contributed by atoms with Gasteiger partial charge in [-0.25, -0.2) is 0 Å². The van der Waals surface area contributed by atoms with Crippen LogP contribution in [-0.2, 0) is 9.59 Å². The van der Waals surface area contributed by atoms with Gasteiger partial charge in [0.2, 0.25) is 11.8 Å². The smallest absolute Gasteiger partial charge is 0.242 e. The molecular weight excluding hydrogens is 266 g/mol. The molecule has 19 heavy (non-hydrogen) atoms. The van der Waals surface area contributed by atoms with Gasteiger partial charge in [-0.1, -0.05) is 19.8 Å². The van der Waals surface area contributed by atoms with Gasteiger partial charge in [0.1, 0.15) is 6.04 Å². The highest BCUT2D eigenvalue weighted by molar-refractivity contribution is 5.88.